The van der Waals surface area contributed by atoms with Crippen LogP contribution in [0.1, 0.15) is 6.42 Å². The van der Waals surface area contributed by atoms with E-state index in [-0.39, 0.29) is 24.2 Å². The minimum Gasteiger partial charge on any atom is -0.326 e. The van der Waals surface area contributed by atoms with E-state index in [1.54, 1.807) is 0 Å². The van der Waals surface area contributed by atoms with Crippen LogP contribution in [0.5, 0.6) is 0 Å². The minimum absolute atomic E-state index is 0. The Hall–Kier alpha value is -1.06. The largest absolute Gasteiger partial charge is 0.326 e. The molecule has 1 aromatic carbocycles. The Labute approximate surface area is 95.7 Å². The molecule has 82 valence electrons. The highest BCUT2D eigenvalue weighted by molar-refractivity contribution is 5.92. The van der Waals surface area contributed by atoms with Gasteiger partial charge in [-0.1, -0.05) is 18.2 Å². The van der Waals surface area contributed by atoms with Crippen molar-refractivity contribution in [3.05, 3.63) is 30.3 Å². The molecule has 2 N–H and O–H groups in total. The zero-order chi connectivity index (χ0) is 9.80. The maximum Gasteiger partial charge on any atom is 0.228 e. The summed E-state index contributed by atoms with van der Waals surface area (Å²) < 4.78 is 0. The van der Waals surface area contributed by atoms with Gasteiger partial charge in [0, 0.05) is 12.2 Å². The summed E-state index contributed by atoms with van der Waals surface area (Å²) in [5, 5.41) is 6.08. The molecule has 1 aromatic rings. The van der Waals surface area contributed by atoms with Crippen LogP contribution in [0.3, 0.4) is 0 Å². The van der Waals surface area contributed by atoms with Gasteiger partial charge >= 0.3 is 0 Å². The molecule has 1 amide bonds. The molecule has 4 heteroatoms. The van der Waals surface area contributed by atoms with Crippen LogP contribution >= 0.6 is 12.4 Å². The fourth-order valence-corrected chi connectivity index (χ4v) is 1.64. The maximum atomic E-state index is 11.7. The summed E-state index contributed by atoms with van der Waals surface area (Å²) in [5.74, 6) is 0.261. The second-order valence-corrected chi connectivity index (χ2v) is 3.54. The number of para-hydroxylation sites is 1. The number of halogens is 1. The molecule has 1 atom stereocenters. The van der Waals surface area contributed by atoms with E-state index in [2.05, 4.69) is 10.6 Å². The zero-order valence-electron chi connectivity index (χ0n) is 8.40. The maximum absolute atomic E-state index is 11.7. The lowest BCUT2D eigenvalue weighted by Gasteiger charge is -2.09. The highest BCUT2D eigenvalue weighted by Crippen LogP contribution is 2.12. The average molecular weight is 227 g/mol. The van der Waals surface area contributed by atoms with Gasteiger partial charge in [0.1, 0.15) is 0 Å². The number of amides is 1. The van der Waals surface area contributed by atoms with Gasteiger partial charge in [-0.3, -0.25) is 4.79 Å². The van der Waals surface area contributed by atoms with Crippen molar-refractivity contribution in [3.63, 3.8) is 0 Å². The molecule has 0 bridgehead atoms. The minimum atomic E-state index is 0. The molecular formula is C11H15ClN2O. The lowest BCUT2D eigenvalue weighted by molar-refractivity contribution is -0.119. The first-order chi connectivity index (χ1) is 6.86. The van der Waals surface area contributed by atoms with Gasteiger partial charge in [-0.05, 0) is 25.1 Å². The van der Waals surface area contributed by atoms with Crippen molar-refractivity contribution in [1.29, 1.82) is 0 Å². The molecule has 2 rings (SSSR count). The van der Waals surface area contributed by atoms with E-state index in [4.69, 9.17) is 0 Å². The Balaban J connectivity index is 0.00000112. The molecule has 0 saturated carbocycles. The molecule has 1 aliphatic heterocycles. The van der Waals surface area contributed by atoms with Crippen LogP contribution in [-0.4, -0.2) is 19.0 Å². The van der Waals surface area contributed by atoms with E-state index in [9.17, 15) is 4.79 Å². The van der Waals surface area contributed by atoms with E-state index in [0.29, 0.717) is 0 Å². The molecule has 0 spiro atoms. The van der Waals surface area contributed by atoms with Gasteiger partial charge in [-0.25, -0.2) is 0 Å². The molecule has 1 aliphatic rings. The van der Waals surface area contributed by atoms with Crippen molar-refractivity contribution >= 4 is 24.0 Å². The Bertz CT molecular complexity index is 310. The summed E-state index contributed by atoms with van der Waals surface area (Å²) in [6.07, 6.45) is 0.943. The highest BCUT2D eigenvalue weighted by atomic mass is 35.5. The monoisotopic (exact) mass is 226 g/mol. The van der Waals surface area contributed by atoms with Crippen molar-refractivity contribution in [1.82, 2.24) is 5.32 Å². The summed E-state index contributed by atoms with van der Waals surface area (Å²) in [5.41, 5.74) is 0.879. The number of hydrogen-bond donors (Lipinski definition) is 2. The molecule has 15 heavy (non-hydrogen) atoms. The van der Waals surface area contributed by atoms with Gasteiger partial charge in [-0.15, -0.1) is 12.4 Å². The molecule has 0 unspecified atom stereocenters. The smallest absolute Gasteiger partial charge is 0.228 e. The predicted molar refractivity (Wildman–Crippen MR) is 63.3 cm³/mol. The third-order valence-electron chi connectivity index (χ3n) is 2.47. The van der Waals surface area contributed by atoms with Crippen molar-refractivity contribution in [2.75, 3.05) is 18.4 Å². The Kier molecular flexibility index (Phi) is 4.59. The third-order valence-corrected chi connectivity index (χ3v) is 2.47. The summed E-state index contributed by atoms with van der Waals surface area (Å²) in [6, 6.07) is 9.58. The topological polar surface area (TPSA) is 41.1 Å². The van der Waals surface area contributed by atoms with Crippen LogP contribution in [0.4, 0.5) is 5.69 Å². The van der Waals surface area contributed by atoms with Crippen LogP contribution in [0.2, 0.25) is 0 Å². The second kappa shape index (κ2) is 5.73. The van der Waals surface area contributed by atoms with Crippen molar-refractivity contribution in [2.45, 2.75) is 6.42 Å². The number of nitrogens with one attached hydrogen (secondary N) is 2. The molecule has 0 radical (unpaired) electrons. The molecule has 1 fully saturated rings. The predicted octanol–water partition coefficient (Wildman–Crippen LogP) is 1.66. The highest BCUT2D eigenvalue weighted by Gasteiger charge is 2.21. The van der Waals surface area contributed by atoms with E-state index in [0.717, 1.165) is 25.2 Å². The van der Waals surface area contributed by atoms with Gasteiger partial charge in [0.15, 0.2) is 0 Å². The van der Waals surface area contributed by atoms with Gasteiger partial charge in [0.05, 0.1) is 5.92 Å². The molecule has 0 aliphatic carbocycles. The standard InChI is InChI=1S/C11H14N2O.ClH/c14-11(9-6-7-12-8-9)13-10-4-2-1-3-5-10;/h1-5,9,12H,6-8H2,(H,13,14);1H/t9-;/m1./s1. The van der Waals surface area contributed by atoms with E-state index < -0.39 is 0 Å². The number of carbonyl (C=O) groups excluding carboxylic acids is 1. The van der Waals surface area contributed by atoms with Crippen molar-refractivity contribution in [3.8, 4) is 0 Å². The normalized spacial score (nSPS) is 19.3. The van der Waals surface area contributed by atoms with Crippen molar-refractivity contribution in [2.24, 2.45) is 5.92 Å². The fraction of sp³-hybridized carbons (Fsp3) is 0.364. The fourth-order valence-electron chi connectivity index (χ4n) is 1.64. The Morgan fingerprint density at radius 3 is 2.67 bits per heavy atom. The van der Waals surface area contributed by atoms with Crippen LogP contribution in [0.15, 0.2) is 30.3 Å². The van der Waals surface area contributed by atoms with Gasteiger partial charge in [0.25, 0.3) is 0 Å². The molecule has 1 saturated heterocycles. The SMILES string of the molecule is Cl.O=C(Nc1ccccc1)[C@@H]1CCNC1. The van der Waals surface area contributed by atoms with E-state index in [1.165, 1.54) is 0 Å². The summed E-state index contributed by atoms with van der Waals surface area (Å²) in [7, 11) is 0. The zero-order valence-corrected chi connectivity index (χ0v) is 9.22. The molecular weight excluding hydrogens is 212 g/mol. The van der Waals surface area contributed by atoms with E-state index >= 15 is 0 Å². The molecule has 0 aromatic heterocycles. The Morgan fingerprint density at radius 2 is 2.07 bits per heavy atom. The van der Waals surface area contributed by atoms with Gasteiger partial charge < -0.3 is 10.6 Å². The van der Waals surface area contributed by atoms with E-state index in [1.807, 2.05) is 30.3 Å². The average Bonchev–Trinajstić information content (AvgIpc) is 2.72. The number of benzene rings is 1. The molecule has 3 nitrogen and oxygen atoms in total. The quantitative estimate of drug-likeness (QED) is 0.805. The number of rotatable bonds is 2. The number of carbonyl (C=O) groups is 1. The third kappa shape index (κ3) is 3.22. The van der Waals surface area contributed by atoms with Crippen molar-refractivity contribution < 1.29 is 4.79 Å². The lowest BCUT2D eigenvalue weighted by Crippen LogP contribution is -2.24. The first kappa shape index (κ1) is 12.0. The van der Waals surface area contributed by atoms with Crippen LogP contribution in [0.25, 0.3) is 0 Å². The van der Waals surface area contributed by atoms with Gasteiger partial charge in [0.2, 0.25) is 5.91 Å². The number of hydrogen-bond acceptors (Lipinski definition) is 2. The summed E-state index contributed by atoms with van der Waals surface area (Å²) >= 11 is 0. The van der Waals surface area contributed by atoms with Crippen LogP contribution < -0.4 is 10.6 Å². The second-order valence-electron chi connectivity index (χ2n) is 3.54. The number of anilines is 1. The van der Waals surface area contributed by atoms with Gasteiger partial charge in [-0.2, -0.15) is 0 Å². The molecule has 1 heterocycles. The summed E-state index contributed by atoms with van der Waals surface area (Å²) in [6.45, 7) is 1.76. The van der Waals surface area contributed by atoms with Crippen LogP contribution in [0, 0.1) is 5.92 Å². The first-order valence-electron chi connectivity index (χ1n) is 4.93. The Morgan fingerprint density at radius 1 is 1.33 bits per heavy atom. The lowest BCUT2D eigenvalue weighted by atomic mass is 10.1. The van der Waals surface area contributed by atoms with Crippen LogP contribution in [-0.2, 0) is 4.79 Å². The first-order valence-corrected chi connectivity index (χ1v) is 4.93. The summed E-state index contributed by atoms with van der Waals surface area (Å²) in [4.78, 5) is 11.7.